The lowest BCUT2D eigenvalue weighted by atomic mass is 9.77. The van der Waals surface area contributed by atoms with E-state index in [2.05, 4.69) is 6.58 Å². The Kier molecular flexibility index (Phi) is 5.27. The summed E-state index contributed by atoms with van der Waals surface area (Å²) < 4.78 is 15.9. The molecule has 4 atom stereocenters. The van der Waals surface area contributed by atoms with Crippen molar-refractivity contribution in [3.63, 3.8) is 0 Å². The lowest BCUT2D eigenvalue weighted by molar-refractivity contribution is -0.163. The minimum absolute atomic E-state index is 0.0190. The maximum atomic E-state index is 12.2. The molecule has 0 amide bonds. The fourth-order valence-corrected chi connectivity index (χ4v) is 3.85. The smallest absolute Gasteiger partial charge is 0.333 e. The third kappa shape index (κ3) is 3.88. The van der Waals surface area contributed by atoms with Crippen LogP contribution in [-0.4, -0.2) is 30.9 Å². The zero-order chi connectivity index (χ0) is 16.3. The van der Waals surface area contributed by atoms with Crippen LogP contribution in [0.25, 0.3) is 0 Å². The second-order valence-electron chi connectivity index (χ2n) is 6.81. The third-order valence-electron chi connectivity index (χ3n) is 4.69. The molecule has 0 saturated heterocycles. The Morgan fingerprint density at radius 2 is 2.00 bits per heavy atom. The van der Waals surface area contributed by atoms with Crippen LogP contribution in [0.5, 0.6) is 0 Å². The lowest BCUT2D eigenvalue weighted by Crippen LogP contribution is -2.39. The summed E-state index contributed by atoms with van der Waals surface area (Å²) in [5.41, 5.74) is -0.0923. The first-order chi connectivity index (χ1) is 10.3. The second-order valence-corrected chi connectivity index (χ2v) is 6.81. The third-order valence-corrected chi connectivity index (χ3v) is 4.69. The summed E-state index contributed by atoms with van der Waals surface area (Å²) in [4.78, 5) is 24.0. The predicted molar refractivity (Wildman–Crippen MR) is 80.8 cm³/mol. The molecule has 0 N–H and O–H groups in total. The molecule has 124 valence electrons. The van der Waals surface area contributed by atoms with Crippen LogP contribution in [0.4, 0.5) is 0 Å². The van der Waals surface area contributed by atoms with Gasteiger partial charge in [-0.1, -0.05) is 6.58 Å². The maximum Gasteiger partial charge on any atom is 0.333 e. The number of fused-ring (bicyclic) bond motifs is 2. The minimum Gasteiger partial charge on any atom is -0.456 e. The number of carbonyl (C=O) groups is 2. The highest BCUT2D eigenvalue weighted by Crippen LogP contribution is 2.51. The van der Waals surface area contributed by atoms with E-state index in [4.69, 9.17) is 14.2 Å². The molecule has 2 aliphatic carbocycles. The summed E-state index contributed by atoms with van der Waals surface area (Å²) >= 11 is 0. The highest BCUT2D eigenvalue weighted by atomic mass is 16.7. The van der Waals surface area contributed by atoms with Crippen molar-refractivity contribution in [1.29, 1.82) is 0 Å². The van der Waals surface area contributed by atoms with E-state index in [9.17, 15) is 9.59 Å². The van der Waals surface area contributed by atoms with Gasteiger partial charge in [0.15, 0.2) is 6.79 Å². The zero-order valence-electron chi connectivity index (χ0n) is 13.7. The summed E-state index contributed by atoms with van der Waals surface area (Å²) in [6.07, 6.45) is 3.33. The van der Waals surface area contributed by atoms with Gasteiger partial charge in [-0.25, -0.2) is 4.79 Å². The van der Waals surface area contributed by atoms with Crippen LogP contribution in [0.15, 0.2) is 12.2 Å². The van der Waals surface area contributed by atoms with Crippen molar-refractivity contribution in [3.05, 3.63) is 12.2 Å². The van der Waals surface area contributed by atoms with Crippen LogP contribution in [0, 0.1) is 17.8 Å². The molecule has 5 heteroatoms. The quantitative estimate of drug-likeness (QED) is 0.327. The Morgan fingerprint density at radius 3 is 2.64 bits per heavy atom. The van der Waals surface area contributed by atoms with E-state index in [-0.39, 0.29) is 30.6 Å². The van der Waals surface area contributed by atoms with Gasteiger partial charge in [0.1, 0.15) is 5.60 Å². The van der Waals surface area contributed by atoms with Gasteiger partial charge in [0, 0.05) is 12.2 Å². The van der Waals surface area contributed by atoms with E-state index in [1.807, 2.05) is 13.8 Å². The lowest BCUT2D eigenvalue weighted by Gasteiger charge is -2.37. The molecule has 2 bridgehead atoms. The molecule has 0 aromatic rings. The van der Waals surface area contributed by atoms with Gasteiger partial charge < -0.3 is 14.2 Å². The van der Waals surface area contributed by atoms with E-state index >= 15 is 0 Å². The number of hydrogen-bond acceptors (Lipinski definition) is 5. The Labute approximate surface area is 132 Å². The van der Waals surface area contributed by atoms with Crippen molar-refractivity contribution >= 4 is 11.9 Å². The summed E-state index contributed by atoms with van der Waals surface area (Å²) in [6.45, 7) is 9.64. The summed E-state index contributed by atoms with van der Waals surface area (Å²) in [5.74, 6) is -0.00590. The van der Waals surface area contributed by atoms with Crippen molar-refractivity contribution in [2.45, 2.75) is 52.1 Å². The van der Waals surface area contributed by atoms with Crippen molar-refractivity contribution in [2.24, 2.45) is 17.8 Å². The average molecular weight is 310 g/mol. The number of hydrogen-bond donors (Lipinski definition) is 0. The highest BCUT2D eigenvalue weighted by Gasteiger charge is 2.50. The molecule has 0 heterocycles. The van der Waals surface area contributed by atoms with Gasteiger partial charge in [-0.2, -0.15) is 0 Å². The van der Waals surface area contributed by atoms with Crippen molar-refractivity contribution in [1.82, 2.24) is 0 Å². The van der Waals surface area contributed by atoms with E-state index < -0.39 is 5.60 Å². The maximum absolute atomic E-state index is 12.2. The van der Waals surface area contributed by atoms with Crippen LogP contribution in [-0.2, 0) is 23.8 Å². The number of carbonyl (C=O) groups excluding carboxylic acids is 2. The molecule has 0 radical (unpaired) electrons. The van der Waals surface area contributed by atoms with Crippen LogP contribution in [0.2, 0.25) is 0 Å². The van der Waals surface area contributed by atoms with Gasteiger partial charge in [0.2, 0.25) is 0 Å². The standard InChI is InChI=1S/C17H26O5/c1-5-20-10-21-16(19)14-7-12-6-13(14)9-17(4,8-12)22-15(18)11(2)3/h12-14H,2,5-10H2,1,3-4H3. The topological polar surface area (TPSA) is 61.8 Å². The van der Waals surface area contributed by atoms with Crippen molar-refractivity contribution in [3.8, 4) is 0 Å². The Morgan fingerprint density at radius 1 is 1.27 bits per heavy atom. The van der Waals surface area contributed by atoms with E-state index in [1.165, 1.54) is 0 Å². The molecule has 0 aliphatic heterocycles. The molecule has 2 fully saturated rings. The number of rotatable bonds is 6. The molecule has 22 heavy (non-hydrogen) atoms. The normalized spacial score (nSPS) is 33.3. The fraction of sp³-hybridized carbons (Fsp3) is 0.765. The summed E-state index contributed by atoms with van der Waals surface area (Å²) in [7, 11) is 0. The summed E-state index contributed by atoms with van der Waals surface area (Å²) in [5, 5.41) is 0. The monoisotopic (exact) mass is 310 g/mol. The molecule has 0 aromatic heterocycles. The molecule has 2 saturated carbocycles. The van der Waals surface area contributed by atoms with Crippen LogP contribution >= 0.6 is 0 Å². The minimum atomic E-state index is -0.501. The number of esters is 2. The molecule has 0 spiro atoms. The highest BCUT2D eigenvalue weighted by molar-refractivity contribution is 5.87. The molecular formula is C17H26O5. The van der Waals surface area contributed by atoms with Crippen LogP contribution in [0.3, 0.4) is 0 Å². The SMILES string of the molecule is C=C(C)C(=O)OC1(C)CC2CC(C1)C(C(=O)OCOCC)C2. The first-order valence-corrected chi connectivity index (χ1v) is 7.98. The predicted octanol–water partition coefficient (Wildman–Crippen LogP) is 2.84. The zero-order valence-corrected chi connectivity index (χ0v) is 13.7. The average Bonchev–Trinajstić information content (AvgIpc) is 2.74. The van der Waals surface area contributed by atoms with Crippen molar-refractivity contribution in [2.75, 3.05) is 13.4 Å². The molecule has 0 aromatic carbocycles. The molecule has 4 unspecified atom stereocenters. The Bertz CT molecular complexity index is 458. The van der Waals surface area contributed by atoms with Gasteiger partial charge in [0.05, 0.1) is 5.92 Å². The van der Waals surface area contributed by atoms with Gasteiger partial charge in [-0.05, 0) is 58.3 Å². The van der Waals surface area contributed by atoms with E-state index in [0.717, 1.165) is 19.3 Å². The first-order valence-electron chi connectivity index (χ1n) is 7.98. The largest absolute Gasteiger partial charge is 0.456 e. The second kappa shape index (κ2) is 6.82. The summed E-state index contributed by atoms with van der Waals surface area (Å²) in [6, 6.07) is 0. The number of ether oxygens (including phenoxy) is 3. The van der Waals surface area contributed by atoms with Crippen molar-refractivity contribution < 1.29 is 23.8 Å². The fourth-order valence-electron chi connectivity index (χ4n) is 3.85. The van der Waals surface area contributed by atoms with Gasteiger partial charge in [-0.3, -0.25) is 4.79 Å². The molecular weight excluding hydrogens is 284 g/mol. The molecule has 2 aliphatic rings. The van der Waals surface area contributed by atoms with E-state index in [1.54, 1.807) is 6.92 Å². The van der Waals surface area contributed by atoms with Gasteiger partial charge in [-0.15, -0.1) is 0 Å². The molecule has 5 nitrogen and oxygen atoms in total. The van der Waals surface area contributed by atoms with Gasteiger partial charge >= 0.3 is 11.9 Å². The van der Waals surface area contributed by atoms with Gasteiger partial charge in [0.25, 0.3) is 0 Å². The Hall–Kier alpha value is -1.36. The van der Waals surface area contributed by atoms with Crippen LogP contribution < -0.4 is 0 Å². The molecule has 2 rings (SSSR count). The Balaban J connectivity index is 1.95. The van der Waals surface area contributed by atoms with E-state index in [0.29, 0.717) is 24.5 Å². The van der Waals surface area contributed by atoms with Crippen LogP contribution in [0.1, 0.15) is 46.5 Å². The first kappa shape index (κ1) is 17.0.